The van der Waals surface area contributed by atoms with E-state index in [1.54, 1.807) is 42.5 Å². The van der Waals surface area contributed by atoms with Gasteiger partial charge in [-0.15, -0.1) is 0 Å². The van der Waals surface area contributed by atoms with Crippen LogP contribution in [0.4, 0.5) is 0 Å². The van der Waals surface area contributed by atoms with Crippen molar-refractivity contribution >= 4 is 29.6 Å². The number of ether oxygens (including phenoxy) is 2. The lowest BCUT2D eigenvalue weighted by Gasteiger charge is -2.12. The van der Waals surface area contributed by atoms with Gasteiger partial charge in [0.15, 0.2) is 11.5 Å². The van der Waals surface area contributed by atoms with E-state index in [0.29, 0.717) is 35.3 Å². The Kier molecular flexibility index (Phi) is 8.85. The molecule has 0 fully saturated rings. The molecular weight excluding hydrogens is 442 g/mol. The van der Waals surface area contributed by atoms with Gasteiger partial charge in [-0.25, -0.2) is 5.43 Å². The van der Waals surface area contributed by atoms with E-state index in [1.807, 2.05) is 37.3 Å². The number of amides is 2. The topological polar surface area (TPSA) is 89.0 Å². The molecule has 0 aliphatic rings. The highest BCUT2D eigenvalue weighted by molar-refractivity contribution is 6.35. The monoisotopic (exact) mass is 465 g/mol. The molecule has 0 radical (unpaired) electrons. The largest absolute Gasteiger partial charge is 0.490 e. The predicted octanol–water partition coefficient (Wildman–Crippen LogP) is 4.08. The zero-order chi connectivity index (χ0) is 23.5. The van der Waals surface area contributed by atoms with E-state index in [-0.39, 0.29) is 6.54 Å². The summed E-state index contributed by atoms with van der Waals surface area (Å²) in [5.41, 5.74) is 4.75. The van der Waals surface area contributed by atoms with Gasteiger partial charge >= 0.3 is 11.8 Å². The van der Waals surface area contributed by atoms with Crippen molar-refractivity contribution in [1.82, 2.24) is 10.7 Å². The molecule has 0 aromatic heterocycles. The summed E-state index contributed by atoms with van der Waals surface area (Å²) >= 11 is 5.83. The Morgan fingerprint density at radius 1 is 0.909 bits per heavy atom. The molecule has 0 heterocycles. The maximum absolute atomic E-state index is 11.9. The zero-order valence-corrected chi connectivity index (χ0v) is 18.8. The van der Waals surface area contributed by atoms with Crippen molar-refractivity contribution in [3.05, 3.63) is 94.5 Å². The smallest absolute Gasteiger partial charge is 0.329 e. The number of hydrazone groups is 1. The third-order valence-corrected chi connectivity index (χ3v) is 4.71. The first-order valence-corrected chi connectivity index (χ1v) is 10.7. The van der Waals surface area contributed by atoms with Crippen molar-refractivity contribution in [1.29, 1.82) is 0 Å². The van der Waals surface area contributed by atoms with E-state index in [4.69, 9.17) is 21.1 Å². The normalized spacial score (nSPS) is 10.6. The molecule has 0 bridgehead atoms. The van der Waals surface area contributed by atoms with Crippen LogP contribution in [0.5, 0.6) is 11.5 Å². The highest BCUT2D eigenvalue weighted by Crippen LogP contribution is 2.28. The maximum Gasteiger partial charge on any atom is 0.329 e. The molecule has 0 atom stereocenters. The summed E-state index contributed by atoms with van der Waals surface area (Å²) < 4.78 is 11.5. The van der Waals surface area contributed by atoms with Crippen molar-refractivity contribution in [3.8, 4) is 11.5 Å². The molecule has 2 N–H and O–H groups in total. The Labute approximate surface area is 197 Å². The van der Waals surface area contributed by atoms with Crippen molar-refractivity contribution < 1.29 is 19.1 Å². The summed E-state index contributed by atoms with van der Waals surface area (Å²) in [5.74, 6) is -0.497. The van der Waals surface area contributed by atoms with E-state index in [9.17, 15) is 9.59 Å². The van der Waals surface area contributed by atoms with Crippen LogP contribution in [0.3, 0.4) is 0 Å². The van der Waals surface area contributed by atoms with Crippen LogP contribution in [0.1, 0.15) is 23.6 Å². The van der Waals surface area contributed by atoms with Crippen LogP contribution in [0.25, 0.3) is 0 Å². The van der Waals surface area contributed by atoms with Gasteiger partial charge in [0.2, 0.25) is 0 Å². The maximum atomic E-state index is 11.9. The third kappa shape index (κ3) is 7.66. The fraction of sp³-hybridized carbons (Fsp3) is 0.160. The van der Waals surface area contributed by atoms with E-state index in [1.165, 1.54) is 6.21 Å². The molecule has 8 heteroatoms. The molecule has 2 amide bonds. The minimum atomic E-state index is -0.868. The van der Waals surface area contributed by atoms with E-state index >= 15 is 0 Å². The second-order valence-corrected chi connectivity index (χ2v) is 7.36. The fourth-order valence-electron chi connectivity index (χ4n) is 2.81. The van der Waals surface area contributed by atoms with Gasteiger partial charge in [-0.1, -0.05) is 54.1 Å². The van der Waals surface area contributed by atoms with Gasteiger partial charge in [0.1, 0.15) is 6.61 Å². The highest BCUT2D eigenvalue weighted by atomic mass is 35.5. The number of carbonyl (C=O) groups is 2. The van der Waals surface area contributed by atoms with Crippen LogP contribution in [0, 0.1) is 0 Å². The Morgan fingerprint density at radius 3 is 2.39 bits per heavy atom. The van der Waals surface area contributed by atoms with Crippen LogP contribution < -0.4 is 20.2 Å². The minimum absolute atomic E-state index is 0.204. The minimum Gasteiger partial charge on any atom is -0.490 e. The van der Waals surface area contributed by atoms with Gasteiger partial charge in [0, 0.05) is 11.6 Å². The molecule has 33 heavy (non-hydrogen) atoms. The molecule has 0 spiro atoms. The average Bonchev–Trinajstić information content (AvgIpc) is 2.83. The van der Waals surface area contributed by atoms with E-state index < -0.39 is 11.8 Å². The molecule has 0 saturated carbocycles. The molecular formula is C25H24ClN3O4. The molecule has 3 aromatic rings. The summed E-state index contributed by atoms with van der Waals surface area (Å²) in [6.45, 7) is 2.96. The number of carbonyl (C=O) groups excluding carboxylic acids is 2. The highest BCUT2D eigenvalue weighted by Gasteiger charge is 2.12. The number of nitrogens with one attached hydrogen (secondary N) is 2. The molecule has 170 valence electrons. The zero-order valence-electron chi connectivity index (χ0n) is 18.1. The molecule has 3 rings (SSSR count). The first-order valence-electron chi connectivity index (χ1n) is 10.3. The molecule has 0 aliphatic heterocycles. The first kappa shape index (κ1) is 23.8. The van der Waals surface area contributed by atoms with Crippen LogP contribution in [-0.4, -0.2) is 24.6 Å². The van der Waals surface area contributed by atoms with Gasteiger partial charge in [-0.2, -0.15) is 5.10 Å². The average molecular weight is 466 g/mol. The number of hydrogen-bond donors (Lipinski definition) is 2. The number of hydrogen-bond acceptors (Lipinski definition) is 5. The van der Waals surface area contributed by atoms with Crippen LogP contribution in [-0.2, 0) is 22.7 Å². The molecule has 7 nitrogen and oxygen atoms in total. The van der Waals surface area contributed by atoms with Gasteiger partial charge in [0.25, 0.3) is 0 Å². The van der Waals surface area contributed by atoms with E-state index in [0.717, 1.165) is 11.1 Å². The van der Waals surface area contributed by atoms with Crippen LogP contribution in [0.15, 0.2) is 77.9 Å². The lowest BCUT2D eigenvalue weighted by atomic mass is 10.2. The van der Waals surface area contributed by atoms with Crippen molar-refractivity contribution in [3.63, 3.8) is 0 Å². The summed E-state index contributed by atoms with van der Waals surface area (Å²) in [6.07, 6.45) is 1.42. The van der Waals surface area contributed by atoms with Crippen molar-refractivity contribution in [2.75, 3.05) is 6.61 Å². The number of rotatable bonds is 9. The first-order chi connectivity index (χ1) is 16.0. The van der Waals surface area contributed by atoms with Gasteiger partial charge < -0.3 is 14.8 Å². The SMILES string of the molecule is CCOc1cc(/C=N\NC(=O)C(=O)NCc2ccc(Cl)cc2)ccc1OCc1ccccc1. The fourth-order valence-corrected chi connectivity index (χ4v) is 2.93. The molecule has 0 unspecified atom stereocenters. The molecule has 3 aromatic carbocycles. The number of nitrogens with zero attached hydrogens (tertiary/aromatic N) is 1. The summed E-state index contributed by atoms with van der Waals surface area (Å²) in [7, 11) is 0. The Balaban J connectivity index is 1.53. The van der Waals surface area contributed by atoms with Gasteiger partial charge in [-0.05, 0) is 53.9 Å². The van der Waals surface area contributed by atoms with Crippen LogP contribution in [0.2, 0.25) is 5.02 Å². The quantitative estimate of drug-likeness (QED) is 0.283. The van der Waals surface area contributed by atoms with Crippen molar-refractivity contribution in [2.24, 2.45) is 5.10 Å². The van der Waals surface area contributed by atoms with Crippen LogP contribution >= 0.6 is 11.6 Å². The third-order valence-electron chi connectivity index (χ3n) is 4.46. The second kappa shape index (κ2) is 12.3. The van der Waals surface area contributed by atoms with Gasteiger partial charge in [-0.3, -0.25) is 9.59 Å². The molecule has 0 aliphatic carbocycles. The Hall–Kier alpha value is -3.84. The summed E-state index contributed by atoms with van der Waals surface area (Å²) in [6, 6.07) is 22.1. The Morgan fingerprint density at radius 2 is 1.67 bits per heavy atom. The lowest BCUT2D eigenvalue weighted by molar-refractivity contribution is -0.139. The standard InChI is InChI=1S/C25H24ClN3O4/c1-2-32-23-14-20(10-13-22(23)33-17-19-6-4-3-5-7-19)16-28-29-25(31)24(30)27-15-18-8-11-21(26)12-9-18/h3-14,16H,2,15,17H2,1H3,(H,27,30)(H,29,31)/b28-16-. The summed E-state index contributed by atoms with van der Waals surface area (Å²) in [4.78, 5) is 23.9. The second-order valence-electron chi connectivity index (χ2n) is 6.92. The number of halogens is 1. The summed E-state index contributed by atoms with van der Waals surface area (Å²) in [5, 5.41) is 6.98. The number of benzene rings is 3. The van der Waals surface area contributed by atoms with E-state index in [2.05, 4.69) is 15.8 Å². The Bertz CT molecular complexity index is 1100. The van der Waals surface area contributed by atoms with Crippen molar-refractivity contribution in [2.45, 2.75) is 20.1 Å². The lowest BCUT2D eigenvalue weighted by Crippen LogP contribution is -2.37. The van der Waals surface area contributed by atoms with Gasteiger partial charge in [0.05, 0.1) is 12.8 Å². The predicted molar refractivity (Wildman–Crippen MR) is 127 cm³/mol. The molecule has 0 saturated heterocycles.